The van der Waals surface area contributed by atoms with Gasteiger partial charge >= 0.3 is 13.1 Å². The van der Waals surface area contributed by atoms with Crippen LogP contribution in [0.3, 0.4) is 0 Å². The van der Waals surface area contributed by atoms with Crippen molar-refractivity contribution in [2.75, 3.05) is 7.05 Å². The number of carboxylic acid groups (broad SMARTS) is 1. The van der Waals surface area contributed by atoms with Crippen LogP contribution < -0.4 is 5.32 Å². The molecule has 88 valence electrons. The molecule has 0 saturated heterocycles. The van der Waals surface area contributed by atoms with Crippen LogP contribution in [0.2, 0.25) is 0 Å². The van der Waals surface area contributed by atoms with Gasteiger partial charge in [0.2, 0.25) is 0 Å². The number of rotatable bonds is 5. The van der Waals surface area contributed by atoms with Crippen LogP contribution in [0.15, 0.2) is 0 Å². The third-order valence-electron chi connectivity index (χ3n) is 1.63. The molecule has 15 heavy (non-hydrogen) atoms. The molecule has 0 fully saturated rings. The first-order valence-corrected chi connectivity index (χ1v) is 4.55. The normalized spacial score (nSPS) is 13.1. The number of aldehydes is 1. The van der Waals surface area contributed by atoms with E-state index in [2.05, 4.69) is 5.32 Å². The fourth-order valence-electron chi connectivity index (χ4n) is 0.473. The average molecular weight is 219 g/mol. The van der Waals surface area contributed by atoms with Gasteiger partial charge < -0.3 is 25.3 Å². The first kappa shape index (κ1) is 16.5. The zero-order chi connectivity index (χ0) is 12.4. The Hall–Kier alpha value is -0.915. The van der Waals surface area contributed by atoms with E-state index in [-0.39, 0.29) is 18.3 Å². The molecule has 7 heteroatoms. The maximum atomic E-state index is 9.81. The molecule has 0 aliphatic rings. The van der Waals surface area contributed by atoms with Gasteiger partial charge in [-0.25, -0.2) is 0 Å². The number of carbonyl (C=O) groups is 2. The van der Waals surface area contributed by atoms with Crippen molar-refractivity contribution in [2.24, 2.45) is 5.92 Å². The predicted octanol–water partition coefficient (Wildman–Crippen LogP) is -1.10. The molecule has 2 atom stereocenters. The van der Waals surface area contributed by atoms with E-state index in [1.807, 2.05) is 0 Å². The lowest BCUT2D eigenvalue weighted by atomic mass is 9.81. The molecule has 0 aromatic heterocycles. The van der Waals surface area contributed by atoms with Gasteiger partial charge in [-0.2, -0.15) is 0 Å². The van der Waals surface area contributed by atoms with Crippen LogP contribution in [-0.4, -0.2) is 47.5 Å². The number of hydrogen-bond acceptors (Lipinski definition) is 5. The molecule has 0 aromatic rings. The molecule has 0 aliphatic heterocycles. The van der Waals surface area contributed by atoms with Gasteiger partial charge in [0.25, 0.3) is 0 Å². The second-order valence-corrected chi connectivity index (χ2v) is 3.20. The van der Waals surface area contributed by atoms with Crippen LogP contribution in [0, 0.1) is 5.92 Å². The summed E-state index contributed by atoms with van der Waals surface area (Å²) in [4.78, 5) is 19.6. The topological polar surface area (TPSA) is 107 Å². The highest BCUT2D eigenvalue weighted by Gasteiger charge is 2.14. The van der Waals surface area contributed by atoms with Crippen molar-refractivity contribution in [3.05, 3.63) is 0 Å². The van der Waals surface area contributed by atoms with Crippen molar-refractivity contribution in [3.8, 4) is 0 Å². The third kappa shape index (κ3) is 13.1. The van der Waals surface area contributed by atoms with Gasteiger partial charge in [0.15, 0.2) is 0 Å². The van der Waals surface area contributed by atoms with Gasteiger partial charge in [0.05, 0.1) is 6.42 Å². The van der Waals surface area contributed by atoms with Crippen molar-refractivity contribution in [1.29, 1.82) is 0 Å². The summed E-state index contributed by atoms with van der Waals surface area (Å²) in [6, 6.07) is 0. The van der Waals surface area contributed by atoms with Gasteiger partial charge in [-0.3, -0.25) is 4.79 Å². The van der Waals surface area contributed by atoms with Crippen molar-refractivity contribution >= 4 is 19.4 Å². The molecule has 0 spiro atoms. The molecule has 0 heterocycles. The predicted molar refractivity (Wildman–Crippen MR) is 56.2 cm³/mol. The summed E-state index contributed by atoms with van der Waals surface area (Å²) in [6.07, 6.45) is 0.567. The van der Waals surface area contributed by atoms with Crippen LogP contribution in [-0.2, 0) is 9.59 Å². The molecule has 0 saturated carbocycles. The minimum absolute atomic E-state index is 0.0660. The summed E-state index contributed by atoms with van der Waals surface area (Å²) < 4.78 is 0. The number of nitrogens with one attached hydrogen (secondary N) is 1. The lowest BCUT2D eigenvalue weighted by Gasteiger charge is -2.05. The zero-order valence-corrected chi connectivity index (χ0v) is 9.17. The number of hydrogen-bond donors (Lipinski definition) is 4. The molecule has 0 aromatic carbocycles. The van der Waals surface area contributed by atoms with Crippen LogP contribution in [0.5, 0.6) is 0 Å². The van der Waals surface area contributed by atoms with E-state index in [0.717, 1.165) is 0 Å². The first-order chi connectivity index (χ1) is 6.84. The molecule has 0 radical (unpaired) electrons. The molecular formula is C8H18BNO5. The molecule has 4 N–H and O–H groups in total. The van der Waals surface area contributed by atoms with Crippen molar-refractivity contribution in [2.45, 2.75) is 26.2 Å². The highest BCUT2D eigenvalue weighted by molar-refractivity contribution is 6.43. The minimum Gasteiger partial charge on any atom is -0.481 e. The Labute approximate surface area is 89.4 Å². The Bertz CT molecular complexity index is 188. The Balaban J connectivity index is 0. The lowest BCUT2D eigenvalue weighted by molar-refractivity contribution is -0.139. The number of carbonyl (C=O) groups excluding carboxylic acids is 1. The monoisotopic (exact) mass is 219 g/mol. The Morgan fingerprint density at radius 1 is 1.47 bits per heavy atom. The summed E-state index contributed by atoms with van der Waals surface area (Å²) in [7, 11) is 0.425. The highest BCUT2D eigenvalue weighted by atomic mass is 16.4. The smallest absolute Gasteiger partial charge is 0.469 e. The fourth-order valence-corrected chi connectivity index (χ4v) is 0.473. The van der Waals surface area contributed by atoms with E-state index in [1.165, 1.54) is 0 Å². The van der Waals surface area contributed by atoms with Crippen molar-refractivity contribution in [3.63, 3.8) is 0 Å². The summed E-state index contributed by atoms with van der Waals surface area (Å²) in [6.45, 7) is 3.26. The van der Waals surface area contributed by atoms with Gasteiger partial charge in [-0.15, -0.1) is 0 Å². The Morgan fingerprint density at radius 3 is 2.00 bits per heavy atom. The van der Waals surface area contributed by atoms with E-state index in [4.69, 9.17) is 15.2 Å². The standard InChI is InChI=1S/C5H8O3.C3H10BNO2/c1-4(3-6)2-5(7)8;1-3(5-2)4(6)7/h3-4H,2H2,1H3,(H,7,8);3,5-7H,1-2H3. The quantitative estimate of drug-likeness (QED) is 0.345. The third-order valence-corrected chi connectivity index (χ3v) is 1.63. The average Bonchev–Trinajstić information content (AvgIpc) is 2.16. The maximum absolute atomic E-state index is 9.81. The van der Waals surface area contributed by atoms with E-state index >= 15 is 0 Å². The van der Waals surface area contributed by atoms with E-state index in [9.17, 15) is 9.59 Å². The van der Waals surface area contributed by atoms with Crippen LogP contribution in [0.25, 0.3) is 0 Å². The second kappa shape index (κ2) is 9.63. The van der Waals surface area contributed by atoms with Gasteiger partial charge in [0, 0.05) is 11.9 Å². The molecular weight excluding hydrogens is 201 g/mol. The van der Waals surface area contributed by atoms with Crippen LogP contribution >= 0.6 is 0 Å². The van der Waals surface area contributed by atoms with Gasteiger partial charge in [-0.1, -0.05) is 13.8 Å². The first-order valence-electron chi connectivity index (χ1n) is 4.55. The summed E-state index contributed by atoms with van der Waals surface area (Å²) in [5, 5.41) is 27.3. The lowest BCUT2D eigenvalue weighted by Crippen LogP contribution is -2.38. The van der Waals surface area contributed by atoms with E-state index in [1.54, 1.807) is 20.9 Å². The van der Waals surface area contributed by atoms with Crippen LogP contribution in [0.1, 0.15) is 20.3 Å². The Kier molecular flexibility index (Phi) is 10.6. The second-order valence-electron chi connectivity index (χ2n) is 3.20. The Morgan fingerprint density at radius 2 is 1.93 bits per heavy atom. The molecule has 0 bridgehead atoms. The van der Waals surface area contributed by atoms with Crippen molar-refractivity contribution < 1.29 is 24.7 Å². The van der Waals surface area contributed by atoms with E-state index in [0.29, 0.717) is 6.29 Å². The molecule has 0 amide bonds. The largest absolute Gasteiger partial charge is 0.481 e. The van der Waals surface area contributed by atoms with Crippen LogP contribution in [0.4, 0.5) is 0 Å². The fraction of sp³-hybridized carbons (Fsp3) is 0.750. The minimum atomic E-state index is -1.25. The van der Waals surface area contributed by atoms with Gasteiger partial charge in [-0.05, 0) is 7.05 Å². The maximum Gasteiger partial charge on any atom is 0.469 e. The zero-order valence-electron chi connectivity index (χ0n) is 9.17. The summed E-state index contributed by atoms with van der Waals surface area (Å²) >= 11 is 0. The molecule has 6 nitrogen and oxygen atoms in total. The van der Waals surface area contributed by atoms with E-state index < -0.39 is 13.1 Å². The highest BCUT2D eigenvalue weighted by Crippen LogP contribution is 1.94. The van der Waals surface area contributed by atoms with Crippen molar-refractivity contribution in [1.82, 2.24) is 5.32 Å². The summed E-state index contributed by atoms with van der Waals surface area (Å²) in [5.74, 6) is -1.52. The molecule has 2 unspecified atom stereocenters. The number of carboxylic acids is 1. The van der Waals surface area contributed by atoms with Gasteiger partial charge in [0.1, 0.15) is 6.29 Å². The summed E-state index contributed by atoms with van der Waals surface area (Å²) in [5.41, 5.74) is 0. The molecule has 0 aliphatic carbocycles. The SMILES string of the molecule is CC(C=O)CC(=O)O.CNC(C)B(O)O. The number of aliphatic carboxylic acids is 1. The molecule has 0 rings (SSSR count).